The van der Waals surface area contributed by atoms with E-state index in [9.17, 15) is 10.1 Å². The van der Waals surface area contributed by atoms with Gasteiger partial charge in [-0.05, 0) is 13.8 Å². The number of nitrogens with zero attached hydrogens (tertiary/aromatic N) is 1. The van der Waals surface area contributed by atoms with Gasteiger partial charge in [-0.2, -0.15) is 0 Å². The molecule has 0 amide bonds. The fourth-order valence-electron chi connectivity index (χ4n) is 0.217. The minimum Gasteiger partial charge on any atom is -0.262 e. The highest BCUT2D eigenvalue weighted by molar-refractivity contribution is 9.26. The Bertz CT molecular complexity index is 151. The first-order valence-corrected chi connectivity index (χ1v) is 4.78. The van der Waals surface area contributed by atoms with Crippen molar-refractivity contribution in [2.45, 2.75) is 21.5 Å². The fourth-order valence-corrected chi connectivity index (χ4v) is 0.362. The molecule has 60 valence electrons. The van der Waals surface area contributed by atoms with Crippen LogP contribution < -0.4 is 0 Å². The average Bonchev–Trinajstić information content (AvgIpc) is 1.62. The first-order valence-electron chi connectivity index (χ1n) is 2.41. The molecule has 0 bridgehead atoms. The van der Waals surface area contributed by atoms with Crippen molar-refractivity contribution in [3.8, 4) is 0 Å². The lowest BCUT2D eigenvalue weighted by Crippen LogP contribution is -2.41. The molecular weight excluding hydrogens is 334 g/mol. The van der Waals surface area contributed by atoms with E-state index in [1.165, 1.54) is 0 Å². The first kappa shape index (κ1) is 10.8. The lowest BCUT2D eigenvalue weighted by atomic mass is 10.2. The number of halogens is 3. The van der Waals surface area contributed by atoms with E-state index in [1.54, 1.807) is 13.8 Å². The molecule has 0 aliphatic heterocycles. The third-order valence-electron chi connectivity index (χ3n) is 0.945. The summed E-state index contributed by atoms with van der Waals surface area (Å²) >= 11 is 9.04. The van der Waals surface area contributed by atoms with Crippen molar-refractivity contribution < 1.29 is 4.92 Å². The van der Waals surface area contributed by atoms with E-state index in [4.69, 9.17) is 0 Å². The summed E-state index contributed by atoms with van der Waals surface area (Å²) in [4.78, 5) is 9.91. The van der Waals surface area contributed by atoms with Gasteiger partial charge in [-0.3, -0.25) is 10.1 Å². The molecule has 0 atom stereocenters. The van der Waals surface area contributed by atoms with Crippen LogP contribution in [0.1, 0.15) is 13.8 Å². The second-order valence-corrected chi connectivity index (χ2v) is 7.61. The van der Waals surface area contributed by atoms with Crippen molar-refractivity contribution in [3.05, 3.63) is 10.1 Å². The molecule has 0 rings (SSSR count). The summed E-state index contributed by atoms with van der Waals surface area (Å²) in [6.07, 6.45) is 0. The summed E-state index contributed by atoms with van der Waals surface area (Å²) in [5.74, 6) is 0. The lowest BCUT2D eigenvalue weighted by Gasteiger charge is -2.23. The van der Waals surface area contributed by atoms with Crippen molar-refractivity contribution in [3.63, 3.8) is 0 Å². The summed E-state index contributed by atoms with van der Waals surface area (Å²) < 4.78 is -1.93. The molecule has 0 saturated carbocycles. The van der Waals surface area contributed by atoms with Gasteiger partial charge in [0.15, 0.2) is 0 Å². The van der Waals surface area contributed by atoms with Crippen LogP contribution in [0.3, 0.4) is 0 Å². The Morgan fingerprint density at radius 3 is 1.60 bits per heavy atom. The van der Waals surface area contributed by atoms with Crippen LogP contribution in [0.25, 0.3) is 0 Å². The predicted octanol–water partition coefficient (Wildman–Crippen LogP) is 2.88. The van der Waals surface area contributed by atoms with E-state index in [2.05, 4.69) is 47.8 Å². The van der Waals surface area contributed by atoms with Gasteiger partial charge >= 0.3 is 3.36 Å². The molecule has 6 heteroatoms. The fraction of sp³-hybridized carbons (Fsp3) is 1.00. The van der Waals surface area contributed by atoms with E-state index in [-0.39, 0.29) is 0 Å². The summed E-state index contributed by atoms with van der Waals surface area (Å²) in [5, 5.41) is 10.3. The van der Waals surface area contributed by atoms with Crippen LogP contribution in [-0.2, 0) is 0 Å². The van der Waals surface area contributed by atoms with Crippen LogP contribution in [0.4, 0.5) is 0 Å². The molecular formula is C4H6Br3NO2. The molecule has 0 heterocycles. The monoisotopic (exact) mass is 337 g/mol. The molecule has 0 aromatic carbocycles. The molecule has 0 radical (unpaired) electrons. The minimum absolute atomic E-state index is 0.443. The van der Waals surface area contributed by atoms with Crippen molar-refractivity contribution in [1.82, 2.24) is 0 Å². The van der Waals surface area contributed by atoms with Crippen LogP contribution in [0.15, 0.2) is 0 Å². The molecule has 0 N–H and O–H groups in total. The van der Waals surface area contributed by atoms with Crippen molar-refractivity contribution in [2.75, 3.05) is 0 Å². The van der Waals surface area contributed by atoms with Gasteiger partial charge < -0.3 is 0 Å². The zero-order chi connectivity index (χ0) is 8.58. The van der Waals surface area contributed by atoms with Crippen molar-refractivity contribution >= 4 is 47.8 Å². The Kier molecular flexibility index (Phi) is 3.32. The zero-order valence-corrected chi connectivity index (χ0v) is 10.2. The molecule has 0 aromatic rings. The molecule has 0 saturated heterocycles. The molecule has 10 heavy (non-hydrogen) atoms. The Hall–Kier alpha value is 0.840. The van der Waals surface area contributed by atoms with Crippen molar-refractivity contribution in [1.29, 1.82) is 0 Å². The van der Waals surface area contributed by atoms with Gasteiger partial charge in [0.2, 0.25) is 0 Å². The van der Waals surface area contributed by atoms with Crippen LogP contribution >= 0.6 is 47.8 Å². The molecule has 0 aromatic heterocycles. The van der Waals surface area contributed by atoms with E-state index in [0.29, 0.717) is 0 Å². The van der Waals surface area contributed by atoms with Crippen LogP contribution in [0, 0.1) is 10.1 Å². The molecule has 0 fully saturated rings. The molecule has 0 aliphatic rings. The first-order chi connectivity index (χ1) is 4.19. The van der Waals surface area contributed by atoms with Gasteiger partial charge in [0, 0.05) is 31.9 Å². The van der Waals surface area contributed by atoms with Crippen LogP contribution in [0.2, 0.25) is 0 Å². The van der Waals surface area contributed by atoms with Crippen molar-refractivity contribution in [2.24, 2.45) is 0 Å². The number of hydrogen-bond donors (Lipinski definition) is 0. The van der Waals surface area contributed by atoms with Gasteiger partial charge in [-0.25, -0.2) is 0 Å². The molecule has 0 spiro atoms. The van der Waals surface area contributed by atoms with Crippen LogP contribution in [-0.4, -0.2) is 12.6 Å². The summed E-state index contributed by atoms with van der Waals surface area (Å²) in [6, 6.07) is 0. The average molecular weight is 340 g/mol. The summed E-state index contributed by atoms with van der Waals surface area (Å²) in [6.45, 7) is 3.39. The lowest BCUT2D eigenvalue weighted by molar-refractivity contribution is -0.508. The maximum atomic E-state index is 10.3. The normalized spacial score (nSPS) is 13.3. The number of alkyl halides is 3. The Labute approximate surface area is 84.1 Å². The number of nitro groups is 1. The van der Waals surface area contributed by atoms with E-state index < -0.39 is 12.6 Å². The SMILES string of the molecule is CC(C)(Br)C(Br)(Br)[N+](=O)[O-]. The van der Waals surface area contributed by atoms with E-state index in [0.717, 1.165) is 0 Å². The largest absolute Gasteiger partial charge is 0.341 e. The smallest absolute Gasteiger partial charge is 0.262 e. The summed E-state index contributed by atoms with van der Waals surface area (Å²) in [5.41, 5.74) is 0. The summed E-state index contributed by atoms with van der Waals surface area (Å²) in [7, 11) is 0. The number of hydrogen-bond acceptors (Lipinski definition) is 2. The topological polar surface area (TPSA) is 43.1 Å². The van der Waals surface area contributed by atoms with E-state index in [1.807, 2.05) is 0 Å². The third-order valence-corrected chi connectivity index (χ3v) is 5.14. The number of rotatable bonds is 2. The highest BCUT2D eigenvalue weighted by atomic mass is 79.9. The second-order valence-electron chi connectivity index (χ2n) is 2.27. The predicted molar refractivity (Wildman–Crippen MR) is 50.6 cm³/mol. The molecule has 3 nitrogen and oxygen atoms in total. The van der Waals surface area contributed by atoms with Gasteiger partial charge in [-0.15, -0.1) is 0 Å². The van der Waals surface area contributed by atoms with Gasteiger partial charge in [0.25, 0.3) is 0 Å². The standard InChI is InChI=1S/C4H6Br3NO2/c1-3(2,5)4(6,7)8(9)10/h1-2H3. The minimum atomic E-state index is -1.30. The highest BCUT2D eigenvalue weighted by Gasteiger charge is 2.50. The Morgan fingerprint density at radius 2 is 1.60 bits per heavy atom. The molecule has 0 unspecified atom stereocenters. The maximum absolute atomic E-state index is 10.3. The Morgan fingerprint density at radius 1 is 1.30 bits per heavy atom. The van der Waals surface area contributed by atoms with E-state index >= 15 is 0 Å². The van der Waals surface area contributed by atoms with Gasteiger partial charge in [0.1, 0.15) is 4.32 Å². The van der Waals surface area contributed by atoms with Crippen LogP contribution in [0.5, 0.6) is 0 Å². The maximum Gasteiger partial charge on any atom is 0.341 e. The second kappa shape index (κ2) is 3.06. The highest BCUT2D eigenvalue weighted by Crippen LogP contribution is 2.43. The van der Waals surface area contributed by atoms with Gasteiger partial charge in [-0.1, -0.05) is 15.9 Å². The zero-order valence-electron chi connectivity index (χ0n) is 5.40. The van der Waals surface area contributed by atoms with Gasteiger partial charge in [0.05, 0.1) is 4.92 Å². The third kappa shape index (κ3) is 2.17. The molecule has 0 aliphatic carbocycles. The quantitative estimate of drug-likeness (QED) is 0.336. The Balaban J connectivity index is 4.57.